The number of carbonyl (C=O) groups excluding carboxylic acids is 2. The second-order valence-corrected chi connectivity index (χ2v) is 7.04. The van der Waals surface area contributed by atoms with Gasteiger partial charge in [-0.05, 0) is 32.3 Å². The molecule has 8 heteroatoms. The number of aryl methyl sites for hydroxylation is 2. The quantitative estimate of drug-likeness (QED) is 0.899. The van der Waals surface area contributed by atoms with Crippen LogP contribution in [0.1, 0.15) is 35.0 Å². The van der Waals surface area contributed by atoms with E-state index in [0.29, 0.717) is 53.1 Å². The van der Waals surface area contributed by atoms with Crippen molar-refractivity contribution in [2.45, 2.75) is 33.2 Å². The monoisotopic (exact) mass is 348 g/mol. The average Bonchev–Trinajstić information content (AvgIpc) is 2.92. The van der Waals surface area contributed by atoms with Gasteiger partial charge < -0.3 is 10.6 Å². The normalized spacial score (nSPS) is 15.8. The van der Waals surface area contributed by atoms with E-state index in [0.717, 1.165) is 0 Å². The molecule has 2 aromatic heterocycles. The minimum absolute atomic E-state index is 0.0964. The number of nitrogens with two attached hydrogens (primary N) is 1. The Bertz CT molecular complexity index is 862. The number of carbonyl (C=O) groups is 2. The summed E-state index contributed by atoms with van der Waals surface area (Å²) in [6.07, 6.45) is 2.70. The molecule has 0 aliphatic carbocycles. The molecule has 0 aromatic carbocycles. The molecule has 3 rings (SSSR count). The number of piperidine rings is 1. The smallest absolute Gasteiger partial charge is 0.264 e. The van der Waals surface area contributed by atoms with Crippen molar-refractivity contribution in [2.75, 3.05) is 13.1 Å². The van der Waals surface area contributed by atoms with E-state index in [1.54, 1.807) is 11.8 Å². The highest BCUT2D eigenvalue weighted by molar-refractivity contribution is 7.20. The molecule has 2 amide bonds. The molecule has 1 aliphatic heterocycles. The van der Waals surface area contributed by atoms with Crippen molar-refractivity contribution in [1.82, 2.24) is 14.5 Å². The number of fused-ring (bicyclic) bond motifs is 1. The summed E-state index contributed by atoms with van der Waals surface area (Å²) in [5.41, 5.74) is 5.92. The van der Waals surface area contributed by atoms with Gasteiger partial charge in [-0.3, -0.25) is 19.0 Å². The van der Waals surface area contributed by atoms with Crippen LogP contribution in [0.15, 0.2) is 11.1 Å². The third-order valence-corrected chi connectivity index (χ3v) is 5.82. The standard InChI is InChI=1S/C16H20N4O3S/c1-3-19-8-18-14-11(15(19)22)9(2)12(24-14)16(23)20-6-4-10(5-7-20)13(17)21/h8,10H,3-7H2,1-2H3,(H2,17,21). The van der Waals surface area contributed by atoms with Gasteiger partial charge in [-0.2, -0.15) is 0 Å². The molecule has 7 nitrogen and oxygen atoms in total. The van der Waals surface area contributed by atoms with E-state index in [4.69, 9.17) is 5.73 Å². The zero-order valence-electron chi connectivity index (χ0n) is 13.7. The maximum absolute atomic E-state index is 12.8. The van der Waals surface area contributed by atoms with Crippen LogP contribution in [0.3, 0.4) is 0 Å². The fourth-order valence-electron chi connectivity index (χ4n) is 3.10. The van der Waals surface area contributed by atoms with Gasteiger partial charge in [-0.1, -0.05) is 0 Å². The van der Waals surface area contributed by atoms with Crippen LogP contribution in [0.5, 0.6) is 0 Å². The number of hydrogen-bond donors (Lipinski definition) is 1. The second-order valence-electron chi connectivity index (χ2n) is 6.04. The van der Waals surface area contributed by atoms with Gasteiger partial charge in [0.2, 0.25) is 5.91 Å². The van der Waals surface area contributed by atoms with E-state index in [9.17, 15) is 14.4 Å². The van der Waals surface area contributed by atoms with E-state index < -0.39 is 0 Å². The van der Waals surface area contributed by atoms with Gasteiger partial charge in [0.1, 0.15) is 4.83 Å². The van der Waals surface area contributed by atoms with Crippen molar-refractivity contribution < 1.29 is 9.59 Å². The molecular weight excluding hydrogens is 328 g/mol. The number of aromatic nitrogens is 2. The van der Waals surface area contributed by atoms with Crippen molar-refractivity contribution in [3.05, 3.63) is 27.1 Å². The van der Waals surface area contributed by atoms with Crippen LogP contribution in [0.4, 0.5) is 0 Å². The highest BCUT2D eigenvalue weighted by atomic mass is 32.1. The number of hydrogen-bond acceptors (Lipinski definition) is 5. The first-order chi connectivity index (χ1) is 11.4. The third-order valence-electron chi connectivity index (χ3n) is 4.64. The number of nitrogens with zero attached hydrogens (tertiary/aromatic N) is 3. The lowest BCUT2D eigenvalue weighted by molar-refractivity contribution is -0.123. The van der Waals surface area contributed by atoms with E-state index in [1.165, 1.54) is 22.2 Å². The minimum Gasteiger partial charge on any atom is -0.369 e. The van der Waals surface area contributed by atoms with Gasteiger partial charge in [0.05, 0.1) is 16.6 Å². The lowest BCUT2D eigenvalue weighted by Crippen LogP contribution is -2.41. The molecule has 0 unspecified atom stereocenters. The molecule has 2 N–H and O–H groups in total. The van der Waals surface area contributed by atoms with E-state index >= 15 is 0 Å². The zero-order valence-corrected chi connectivity index (χ0v) is 14.6. The lowest BCUT2D eigenvalue weighted by Gasteiger charge is -2.30. The highest BCUT2D eigenvalue weighted by Gasteiger charge is 2.29. The summed E-state index contributed by atoms with van der Waals surface area (Å²) < 4.78 is 1.54. The molecule has 0 saturated carbocycles. The molecule has 0 radical (unpaired) electrons. The summed E-state index contributed by atoms with van der Waals surface area (Å²) in [6.45, 7) is 5.23. The van der Waals surface area contributed by atoms with Crippen LogP contribution in [0.2, 0.25) is 0 Å². The Morgan fingerprint density at radius 2 is 2.04 bits per heavy atom. The molecule has 0 spiro atoms. The fourth-order valence-corrected chi connectivity index (χ4v) is 4.21. The Labute approximate surface area is 143 Å². The van der Waals surface area contributed by atoms with Crippen LogP contribution in [0.25, 0.3) is 10.2 Å². The summed E-state index contributed by atoms with van der Waals surface area (Å²) >= 11 is 1.26. The first-order valence-electron chi connectivity index (χ1n) is 8.01. The molecule has 1 fully saturated rings. The van der Waals surface area contributed by atoms with Gasteiger partial charge in [-0.25, -0.2) is 4.98 Å². The lowest BCUT2D eigenvalue weighted by atomic mass is 9.96. The molecule has 3 heterocycles. The number of rotatable bonds is 3. The van der Waals surface area contributed by atoms with Gasteiger partial charge in [0.15, 0.2) is 0 Å². The first kappa shape index (κ1) is 16.6. The summed E-state index contributed by atoms with van der Waals surface area (Å²) in [5, 5.41) is 0.528. The largest absolute Gasteiger partial charge is 0.369 e. The van der Waals surface area contributed by atoms with Gasteiger partial charge in [-0.15, -0.1) is 11.3 Å². The molecule has 0 bridgehead atoms. The van der Waals surface area contributed by atoms with Crippen LogP contribution in [-0.2, 0) is 11.3 Å². The number of thiophene rings is 1. The Morgan fingerprint density at radius 1 is 1.38 bits per heavy atom. The SMILES string of the molecule is CCn1cnc2sc(C(=O)N3CCC(C(N)=O)CC3)c(C)c2c1=O. The van der Waals surface area contributed by atoms with Crippen molar-refractivity contribution in [2.24, 2.45) is 11.7 Å². The fraction of sp³-hybridized carbons (Fsp3) is 0.500. The van der Waals surface area contributed by atoms with E-state index in [1.807, 2.05) is 6.92 Å². The Morgan fingerprint density at radius 3 is 2.62 bits per heavy atom. The number of primary amides is 1. The van der Waals surface area contributed by atoms with Crippen LogP contribution in [0, 0.1) is 12.8 Å². The van der Waals surface area contributed by atoms with Crippen molar-refractivity contribution in [1.29, 1.82) is 0 Å². The van der Waals surface area contributed by atoms with Crippen LogP contribution in [-0.4, -0.2) is 39.4 Å². The molecule has 1 aliphatic rings. The summed E-state index contributed by atoms with van der Waals surface area (Å²) in [5.74, 6) is -0.554. The molecule has 0 atom stereocenters. The molecule has 2 aromatic rings. The maximum Gasteiger partial charge on any atom is 0.264 e. The van der Waals surface area contributed by atoms with Crippen LogP contribution >= 0.6 is 11.3 Å². The maximum atomic E-state index is 12.8. The van der Waals surface area contributed by atoms with E-state index in [-0.39, 0.29) is 23.3 Å². The van der Waals surface area contributed by atoms with Crippen molar-refractivity contribution in [3.8, 4) is 0 Å². The van der Waals surface area contributed by atoms with Gasteiger partial charge in [0.25, 0.3) is 11.5 Å². The number of amides is 2. The topological polar surface area (TPSA) is 98.3 Å². The number of likely N-dealkylation sites (tertiary alicyclic amines) is 1. The zero-order chi connectivity index (χ0) is 17.4. The Kier molecular flexibility index (Phi) is 4.40. The van der Waals surface area contributed by atoms with E-state index in [2.05, 4.69) is 4.98 Å². The highest BCUT2D eigenvalue weighted by Crippen LogP contribution is 2.29. The second kappa shape index (κ2) is 6.35. The minimum atomic E-state index is -0.301. The molecular formula is C16H20N4O3S. The van der Waals surface area contributed by atoms with Crippen molar-refractivity contribution in [3.63, 3.8) is 0 Å². The average molecular weight is 348 g/mol. The Hall–Kier alpha value is -2.22. The summed E-state index contributed by atoms with van der Waals surface area (Å²) in [6, 6.07) is 0. The predicted molar refractivity (Wildman–Crippen MR) is 92.1 cm³/mol. The predicted octanol–water partition coefficient (Wildman–Crippen LogP) is 1.12. The molecule has 128 valence electrons. The van der Waals surface area contributed by atoms with Crippen molar-refractivity contribution >= 4 is 33.4 Å². The molecule has 1 saturated heterocycles. The Balaban J connectivity index is 1.91. The first-order valence-corrected chi connectivity index (χ1v) is 8.82. The third kappa shape index (κ3) is 2.71. The van der Waals surface area contributed by atoms with Gasteiger partial charge in [0, 0.05) is 25.6 Å². The van der Waals surface area contributed by atoms with Crippen LogP contribution < -0.4 is 11.3 Å². The molecule has 24 heavy (non-hydrogen) atoms. The summed E-state index contributed by atoms with van der Waals surface area (Å²) in [7, 11) is 0. The van der Waals surface area contributed by atoms with Gasteiger partial charge >= 0.3 is 0 Å². The summed E-state index contributed by atoms with van der Waals surface area (Å²) in [4.78, 5) is 43.7.